The summed E-state index contributed by atoms with van der Waals surface area (Å²) in [5, 5.41) is 3.36. The summed E-state index contributed by atoms with van der Waals surface area (Å²) in [6.45, 7) is 0. The number of anilines is 2. The minimum atomic E-state index is -4.07. The van der Waals surface area contributed by atoms with Crippen LogP contribution in [0.25, 0.3) is 0 Å². The van der Waals surface area contributed by atoms with E-state index in [-0.39, 0.29) is 21.2 Å². The van der Waals surface area contributed by atoms with Gasteiger partial charge in [-0.05, 0) is 18.2 Å². The molecule has 0 amide bonds. The Morgan fingerprint density at radius 1 is 1.24 bits per heavy atom. The molecule has 0 fully saturated rings. The zero-order chi connectivity index (χ0) is 15.7. The number of nitrogens with zero attached hydrogens (tertiary/aromatic N) is 1. The summed E-state index contributed by atoms with van der Waals surface area (Å²) >= 11 is 0. The standard InChI is InChI=1S/C10H12N4O5S2/c1-20(15,16)8-2-3-9(13-11)10(4-8)21(17,18)14-7-5-12-19-6-7/h2-6,13-14H,11H2,1H3. The second-order valence-electron chi connectivity index (χ2n) is 4.09. The van der Waals surface area contributed by atoms with Crippen molar-refractivity contribution >= 4 is 31.2 Å². The quantitative estimate of drug-likeness (QED) is 0.519. The van der Waals surface area contributed by atoms with Crippen molar-refractivity contribution in [3.63, 3.8) is 0 Å². The Hall–Kier alpha value is -2.11. The van der Waals surface area contributed by atoms with Gasteiger partial charge in [0.1, 0.15) is 16.8 Å². The molecule has 0 saturated carbocycles. The molecule has 9 nitrogen and oxygen atoms in total. The van der Waals surface area contributed by atoms with Crippen LogP contribution < -0.4 is 16.0 Å². The predicted molar refractivity (Wildman–Crippen MR) is 74.7 cm³/mol. The number of sulfonamides is 1. The fourth-order valence-corrected chi connectivity index (χ4v) is 3.48. The average molecular weight is 332 g/mol. The van der Waals surface area contributed by atoms with Crippen molar-refractivity contribution in [2.75, 3.05) is 16.4 Å². The van der Waals surface area contributed by atoms with Gasteiger partial charge in [0, 0.05) is 6.26 Å². The van der Waals surface area contributed by atoms with E-state index in [9.17, 15) is 16.8 Å². The molecule has 114 valence electrons. The summed E-state index contributed by atoms with van der Waals surface area (Å²) < 4.78 is 54.4. The monoisotopic (exact) mass is 332 g/mol. The number of rotatable bonds is 5. The highest BCUT2D eigenvalue weighted by Gasteiger charge is 2.22. The fraction of sp³-hybridized carbons (Fsp3) is 0.100. The molecule has 2 aromatic rings. The Balaban J connectivity index is 2.55. The molecule has 1 aromatic carbocycles. The van der Waals surface area contributed by atoms with Crippen LogP contribution in [0.4, 0.5) is 11.4 Å². The van der Waals surface area contributed by atoms with Crippen LogP contribution in [0.5, 0.6) is 0 Å². The summed E-state index contributed by atoms with van der Waals surface area (Å²) in [4.78, 5) is -0.457. The topological polar surface area (TPSA) is 144 Å². The molecule has 0 radical (unpaired) electrons. The van der Waals surface area contributed by atoms with Crippen molar-refractivity contribution in [2.45, 2.75) is 9.79 Å². The Bertz CT molecular complexity index is 844. The van der Waals surface area contributed by atoms with Gasteiger partial charge in [0.05, 0.1) is 16.8 Å². The Morgan fingerprint density at radius 3 is 2.48 bits per heavy atom. The number of sulfone groups is 1. The Labute approximate surface area is 121 Å². The molecule has 0 unspecified atom stereocenters. The lowest BCUT2D eigenvalue weighted by Crippen LogP contribution is -2.18. The number of hydrogen-bond acceptors (Lipinski definition) is 8. The van der Waals surface area contributed by atoms with Gasteiger partial charge in [-0.15, -0.1) is 0 Å². The van der Waals surface area contributed by atoms with E-state index in [2.05, 4.69) is 19.8 Å². The third-order valence-electron chi connectivity index (χ3n) is 2.51. The van der Waals surface area contributed by atoms with E-state index in [0.717, 1.165) is 24.8 Å². The van der Waals surface area contributed by atoms with Crippen LogP contribution in [0.3, 0.4) is 0 Å². The van der Waals surface area contributed by atoms with Gasteiger partial charge in [0.25, 0.3) is 10.0 Å². The zero-order valence-corrected chi connectivity index (χ0v) is 12.4. The summed E-state index contributed by atoms with van der Waals surface area (Å²) in [5.41, 5.74) is 2.35. The lowest BCUT2D eigenvalue weighted by atomic mass is 10.3. The first-order valence-electron chi connectivity index (χ1n) is 5.47. The van der Waals surface area contributed by atoms with Crippen molar-refractivity contribution in [1.82, 2.24) is 5.16 Å². The molecule has 0 aliphatic rings. The number of nitrogens with one attached hydrogen (secondary N) is 2. The van der Waals surface area contributed by atoms with Crippen molar-refractivity contribution in [2.24, 2.45) is 5.84 Å². The van der Waals surface area contributed by atoms with Crippen LogP contribution in [0.1, 0.15) is 0 Å². The maximum absolute atomic E-state index is 12.3. The summed E-state index contributed by atoms with van der Waals surface area (Å²) in [7, 11) is -7.63. The van der Waals surface area contributed by atoms with Gasteiger partial charge in [0.15, 0.2) is 9.84 Å². The molecule has 0 spiro atoms. The lowest BCUT2D eigenvalue weighted by molar-refractivity contribution is 0.420. The first-order valence-corrected chi connectivity index (χ1v) is 8.84. The molecule has 11 heteroatoms. The van der Waals surface area contributed by atoms with Crippen molar-refractivity contribution in [1.29, 1.82) is 0 Å². The van der Waals surface area contributed by atoms with Crippen molar-refractivity contribution in [3.8, 4) is 0 Å². The Morgan fingerprint density at radius 2 is 1.95 bits per heavy atom. The predicted octanol–water partition coefficient (Wildman–Crippen LogP) is 0.165. The second-order valence-corrected chi connectivity index (χ2v) is 7.76. The molecule has 1 heterocycles. The summed E-state index contributed by atoms with van der Waals surface area (Å²) in [6, 6.07) is 3.53. The number of benzene rings is 1. The molecule has 0 saturated heterocycles. The molecular formula is C10H12N4O5S2. The van der Waals surface area contributed by atoms with Crippen molar-refractivity contribution < 1.29 is 21.4 Å². The van der Waals surface area contributed by atoms with Gasteiger partial charge in [-0.25, -0.2) is 16.8 Å². The largest absolute Gasteiger partial charge is 0.362 e. The minimum absolute atomic E-state index is 0.0476. The average Bonchev–Trinajstić information content (AvgIpc) is 2.89. The summed E-state index contributed by atoms with van der Waals surface area (Å²) in [5.74, 6) is 5.26. The van der Waals surface area contributed by atoms with Gasteiger partial charge >= 0.3 is 0 Å². The van der Waals surface area contributed by atoms with E-state index >= 15 is 0 Å². The van der Waals surface area contributed by atoms with E-state index in [0.29, 0.717) is 0 Å². The highest BCUT2D eigenvalue weighted by molar-refractivity contribution is 7.93. The van der Waals surface area contributed by atoms with E-state index < -0.39 is 19.9 Å². The SMILES string of the molecule is CS(=O)(=O)c1ccc(NN)c(S(=O)(=O)Nc2cnoc2)c1. The third kappa shape index (κ3) is 3.32. The molecule has 2 rings (SSSR count). The smallest absolute Gasteiger partial charge is 0.264 e. The highest BCUT2D eigenvalue weighted by atomic mass is 32.2. The van der Waals surface area contributed by atoms with Crippen LogP contribution in [-0.2, 0) is 19.9 Å². The first kappa shape index (κ1) is 15.3. The number of aromatic nitrogens is 1. The van der Waals surface area contributed by atoms with E-state index in [1.807, 2.05) is 0 Å². The van der Waals surface area contributed by atoms with Gasteiger partial charge in [0.2, 0.25) is 0 Å². The molecule has 0 aliphatic carbocycles. The molecule has 21 heavy (non-hydrogen) atoms. The summed E-state index contributed by atoms with van der Waals surface area (Å²) in [6.07, 6.45) is 3.22. The van der Waals surface area contributed by atoms with Gasteiger partial charge < -0.3 is 9.95 Å². The number of nitrogens with two attached hydrogens (primary N) is 1. The number of nitrogen functional groups attached to an aromatic ring is 1. The van der Waals surface area contributed by atoms with Crippen LogP contribution in [0.15, 0.2) is 45.0 Å². The first-order chi connectivity index (χ1) is 9.74. The molecule has 4 N–H and O–H groups in total. The molecular weight excluding hydrogens is 320 g/mol. The van der Waals surface area contributed by atoms with Crippen LogP contribution in [-0.4, -0.2) is 28.2 Å². The van der Waals surface area contributed by atoms with Crippen LogP contribution in [0.2, 0.25) is 0 Å². The van der Waals surface area contributed by atoms with Crippen molar-refractivity contribution in [3.05, 3.63) is 30.7 Å². The zero-order valence-electron chi connectivity index (χ0n) is 10.8. The lowest BCUT2D eigenvalue weighted by Gasteiger charge is -2.12. The van der Waals surface area contributed by atoms with Crippen LogP contribution in [0, 0.1) is 0 Å². The minimum Gasteiger partial charge on any atom is -0.362 e. The molecule has 0 atom stereocenters. The van der Waals surface area contributed by atoms with Crippen LogP contribution >= 0.6 is 0 Å². The number of hydrogen-bond donors (Lipinski definition) is 3. The Kier molecular flexibility index (Phi) is 3.89. The number of hydrazine groups is 1. The fourth-order valence-electron chi connectivity index (χ4n) is 1.54. The molecule has 1 aromatic heterocycles. The molecule has 0 bridgehead atoms. The molecule has 0 aliphatic heterocycles. The third-order valence-corrected chi connectivity index (χ3v) is 5.04. The van der Waals surface area contributed by atoms with E-state index in [1.54, 1.807) is 0 Å². The van der Waals surface area contributed by atoms with Gasteiger partial charge in [-0.3, -0.25) is 10.6 Å². The van der Waals surface area contributed by atoms with Gasteiger partial charge in [-0.2, -0.15) is 0 Å². The van der Waals surface area contributed by atoms with E-state index in [1.165, 1.54) is 12.1 Å². The maximum atomic E-state index is 12.3. The maximum Gasteiger partial charge on any atom is 0.264 e. The normalized spacial score (nSPS) is 12.1. The second kappa shape index (κ2) is 5.35. The van der Waals surface area contributed by atoms with E-state index in [4.69, 9.17) is 5.84 Å². The highest BCUT2D eigenvalue weighted by Crippen LogP contribution is 2.26. The van der Waals surface area contributed by atoms with Gasteiger partial charge in [-0.1, -0.05) is 5.16 Å².